The Morgan fingerprint density at radius 3 is 2.55 bits per heavy atom. The Morgan fingerprint density at radius 1 is 1.13 bits per heavy atom. The number of piperazine rings is 1. The van der Waals surface area contributed by atoms with Crippen LogP contribution in [-0.2, 0) is 16.1 Å². The van der Waals surface area contributed by atoms with Gasteiger partial charge in [0.2, 0.25) is 5.91 Å². The predicted molar refractivity (Wildman–Crippen MR) is 114 cm³/mol. The number of nitrogens with zero attached hydrogens (tertiary/aromatic N) is 3. The summed E-state index contributed by atoms with van der Waals surface area (Å²) in [5, 5.41) is 0. The minimum atomic E-state index is -0.923. The van der Waals surface area contributed by atoms with Gasteiger partial charge in [0.25, 0.3) is 0 Å². The van der Waals surface area contributed by atoms with Crippen LogP contribution in [0.5, 0.6) is 0 Å². The first-order valence-corrected chi connectivity index (χ1v) is 10.8. The molecule has 6 nitrogen and oxygen atoms in total. The minimum Gasteiger partial charge on any atom is -0.467 e. The van der Waals surface area contributed by atoms with Crippen molar-refractivity contribution in [3.8, 4) is 0 Å². The summed E-state index contributed by atoms with van der Waals surface area (Å²) in [4.78, 5) is 32.9. The van der Waals surface area contributed by atoms with Crippen molar-refractivity contribution in [2.45, 2.75) is 26.4 Å². The molecule has 1 aromatic heterocycles. The van der Waals surface area contributed by atoms with Gasteiger partial charge in [-0.05, 0) is 43.3 Å². The molecule has 164 valence electrons. The van der Waals surface area contributed by atoms with Crippen LogP contribution in [0.3, 0.4) is 0 Å². The Balaban J connectivity index is 1.69. The van der Waals surface area contributed by atoms with Crippen molar-refractivity contribution in [2.75, 3.05) is 32.7 Å². The van der Waals surface area contributed by atoms with Gasteiger partial charge in [-0.15, -0.1) is 0 Å². The average Bonchev–Trinajstić information content (AvgIpc) is 3.27. The summed E-state index contributed by atoms with van der Waals surface area (Å²) in [5.41, 5.74) is 1.25. The summed E-state index contributed by atoms with van der Waals surface area (Å²) < 4.78 is 19.6. The van der Waals surface area contributed by atoms with Gasteiger partial charge in [0.05, 0.1) is 18.8 Å². The molecule has 31 heavy (non-hydrogen) atoms. The number of carbonyl (C=O) groups is 2. The van der Waals surface area contributed by atoms with E-state index in [1.54, 1.807) is 36.3 Å². The number of hydrogen-bond acceptors (Lipinski definition) is 5. The fourth-order valence-electron chi connectivity index (χ4n) is 4.55. The fourth-order valence-corrected chi connectivity index (χ4v) is 4.55. The van der Waals surface area contributed by atoms with Gasteiger partial charge in [0, 0.05) is 38.0 Å². The van der Waals surface area contributed by atoms with Crippen LogP contribution >= 0.6 is 0 Å². The second kappa shape index (κ2) is 9.16. The van der Waals surface area contributed by atoms with Crippen LogP contribution in [0.2, 0.25) is 0 Å². The van der Waals surface area contributed by atoms with Crippen LogP contribution in [0.1, 0.15) is 31.2 Å². The third-order valence-corrected chi connectivity index (χ3v) is 6.26. The van der Waals surface area contributed by atoms with Gasteiger partial charge in [0.1, 0.15) is 17.5 Å². The van der Waals surface area contributed by atoms with Gasteiger partial charge in [-0.3, -0.25) is 14.5 Å². The summed E-state index contributed by atoms with van der Waals surface area (Å²) in [6, 6.07) is 9.33. The van der Waals surface area contributed by atoms with E-state index in [1.165, 1.54) is 18.2 Å². The lowest BCUT2D eigenvalue weighted by Gasteiger charge is -2.43. The van der Waals surface area contributed by atoms with Crippen molar-refractivity contribution in [1.82, 2.24) is 14.7 Å². The monoisotopic (exact) mass is 425 g/mol. The molecule has 1 amide bonds. The molecule has 2 aromatic rings. The standard InChI is InChI=1S/C24H28FN3O3/c1-3-26-9-11-27(12-10-26)23(18-6-4-7-19(25)15-18)22-21(29)14-17(2)28(24(22)30)16-20-8-5-13-31-20/h4-8,13-15,22-23H,3,9-12,16H2,1-2H3. The highest BCUT2D eigenvalue weighted by Crippen LogP contribution is 2.36. The summed E-state index contributed by atoms with van der Waals surface area (Å²) in [7, 11) is 0. The largest absolute Gasteiger partial charge is 0.467 e. The lowest BCUT2D eigenvalue weighted by molar-refractivity contribution is -0.144. The Bertz CT molecular complexity index is 964. The molecule has 2 aliphatic rings. The maximum absolute atomic E-state index is 14.1. The fraction of sp³-hybridized carbons (Fsp3) is 0.417. The van der Waals surface area contributed by atoms with Crippen LogP contribution in [0.25, 0.3) is 0 Å². The van der Waals surface area contributed by atoms with Gasteiger partial charge in [-0.25, -0.2) is 4.39 Å². The number of furan rings is 1. The third-order valence-electron chi connectivity index (χ3n) is 6.26. The number of hydrogen-bond donors (Lipinski definition) is 0. The highest BCUT2D eigenvalue weighted by Gasteiger charge is 2.44. The molecule has 0 spiro atoms. The summed E-state index contributed by atoms with van der Waals surface area (Å²) in [6.45, 7) is 8.22. The van der Waals surface area contributed by atoms with E-state index < -0.39 is 12.0 Å². The molecular weight excluding hydrogens is 397 g/mol. The summed E-state index contributed by atoms with van der Waals surface area (Å²) in [6.07, 6.45) is 3.10. The van der Waals surface area contributed by atoms with Gasteiger partial charge in [-0.2, -0.15) is 0 Å². The molecule has 1 saturated heterocycles. The lowest BCUT2D eigenvalue weighted by atomic mass is 9.84. The second-order valence-electron chi connectivity index (χ2n) is 8.14. The van der Waals surface area contributed by atoms with Crippen LogP contribution in [0.4, 0.5) is 4.39 Å². The van der Waals surface area contributed by atoms with E-state index in [-0.39, 0.29) is 24.1 Å². The van der Waals surface area contributed by atoms with E-state index in [1.807, 2.05) is 6.07 Å². The maximum atomic E-state index is 14.1. The first-order valence-electron chi connectivity index (χ1n) is 10.8. The Kier molecular flexibility index (Phi) is 6.34. The number of carbonyl (C=O) groups excluding carboxylic acids is 2. The number of amides is 1. The van der Waals surface area contributed by atoms with E-state index in [2.05, 4.69) is 16.7 Å². The molecule has 1 fully saturated rings. The Morgan fingerprint density at radius 2 is 1.90 bits per heavy atom. The summed E-state index contributed by atoms with van der Waals surface area (Å²) >= 11 is 0. The van der Waals surface area contributed by atoms with Gasteiger partial charge < -0.3 is 14.2 Å². The zero-order valence-electron chi connectivity index (χ0n) is 18.0. The Hall–Kier alpha value is -2.77. The normalized spacial score (nSPS) is 22.0. The van der Waals surface area contributed by atoms with E-state index in [0.29, 0.717) is 30.1 Å². The van der Waals surface area contributed by atoms with Crippen molar-refractivity contribution in [2.24, 2.45) is 5.92 Å². The van der Waals surface area contributed by atoms with Gasteiger partial charge >= 0.3 is 0 Å². The van der Waals surface area contributed by atoms with Crippen LogP contribution < -0.4 is 0 Å². The zero-order chi connectivity index (χ0) is 22.0. The van der Waals surface area contributed by atoms with E-state index >= 15 is 0 Å². The molecule has 4 rings (SSSR count). The van der Waals surface area contributed by atoms with Crippen molar-refractivity contribution < 1.29 is 18.4 Å². The smallest absolute Gasteiger partial charge is 0.240 e. The molecule has 3 heterocycles. The lowest BCUT2D eigenvalue weighted by Crippen LogP contribution is -2.53. The molecule has 1 aromatic carbocycles. The molecular formula is C24H28FN3O3. The Labute approximate surface area is 181 Å². The van der Waals surface area contributed by atoms with E-state index in [0.717, 1.165) is 19.6 Å². The van der Waals surface area contributed by atoms with Gasteiger partial charge in [-0.1, -0.05) is 19.1 Å². The molecule has 7 heteroatoms. The SMILES string of the molecule is CCN1CCN(C(c2cccc(F)c2)C2C(=O)C=C(C)N(Cc3ccco3)C2=O)CC1. The quantitative estimate of drug-likeness (QED) is 0.665. The van der Waals surface area contributed by atoms with Crippen molar-refractivity contribution >= 4 is 11.7 Å². The number of ketones is 1. The second-order valence-corrected chi connectivity index (χ2v) is 8.14. The number of benzene rings is 1. The number of rotatable bonds is 6. The molecule has 0 bridgehead atoms. The third kappa shape index (κ3) is 4.48. The highest BCUT2D eigenvalue weighted by atomic mass is 19.1. The van der Waals surface area contributed by atoms with Crippen molar-refractivity contribution in [3.05, 3.63) is 71.6 Å². The van der Waals surface area contributed by atoms with Crippen molar-refractivity contribution in [3.63, 3.8) is 0 Å². The van der Waals surface area contributed by atoms with E-state index in [4.69, 9.17) is 4.42 Å². The number of likely N-dealkylation sites (N-methyl/N-ethyl adjacent to an activating group) is 1. The molecule has 2 aliphatic heterocycles. The number of allylic oxidation sites excluding steroid dienone is 2. The minimum absolute atomic E-state index is 0.231. The molecule has 0 saturated carbocycles. The van der Waals surface area contributed by atoms with Crippen molar-refractivity contribution in [1.29, 1.82) is 0 Å². The number of halogens is 1. The first kappa shape index (κ1) is 21.5. The molecule has 2 atom stereocenters. The summed E-state index contributed by atoms with van der Waals surface area (Å²) in [5.74, 6) is -1.15. The van der Waals surface area contributed by atoms with Crippen LogP contribution in [0.15, 0.2) is 58.9 Å². The zero-order valence-corrected chi connectivity index (χ0v) is 18.0. The molecule has 0 aliphatic carbocycles. The topological polar surface area (TPSA) is 57.0 Å². The maximum Gasteiger partial charge on any atom is 0.240 e. The first-order chi connectivity index (χ1) is 15.0. The molecule has 2 unspecified atom stereocenters. The van der Waals surface area contributed by atoms with Crippen LogP contribution in [0, 0.1) is 11.7 Å². The average molecular weight is 426 g/mol. The predicted octanol–water partition coefficient (Wildman–Crippen LogP) is 3.23. The van der Waals surface area contributed by atoms with E-state index in [9.17, 15) is 14.0 Å². The van der Waals surface area contributed by atoms with Crippen LogP contribution in [-0.4, -0.2) is 59.1 Å². The molecule has 0 N–H and O–H groups in total. The highest BCUT2D eigenvalue weighted by molar-refractivity contribution is 6.10. The van der Waals surface area contributed by atoms with Gasteiger partial charge in [0.15, 0.2) is 5.78 Å². The molecule has 0 radical (unpaired) electrons.